The van der Waals surface area contributed by atoms with E-state index in [1.165, 1.54) is 95.5 Å². The maximum Gasteiger partial charge on any atom is 0.106 e. The number of carbonyl (C=O) groups excluding carboxylic acids is 1. The van der Waals surface area contributed by atoms with Crippen molar-refractivity contribution in [2.45, 2.75) is 117 Å². The van der Waals surface area contributed by atoms with Crippen LogP contribution in [0.25, 0.3) is 0 Å². The smallest absolute Gasteiger partial charge is 0.106 e. The third-order valence-corrected chi connectivity index (χ3v) is 7.13. The summed E-state index contributed by atoms with van der Waals surface area (Å²) < 4.78 is 6.27. The summed E-state index contributed by atoms with van der Waals surface area (Å²) in [6.07, 6.45) is 19.7. The van der Waals surface area contributed by atoms with E-state index >= 15 is 0 Å². The number of hydrogen-bond acceptors (Lipinski definition) is 2. The minimum absolute atomic E-state index is 0.443. The van der Waals surface area contributed by atoms with Crippen LogP contribution in [-0.2, 0) is 9.53 Å². The lowest BCUT2D eigenvalue weighted by Gasteiger charge is -2.43. The van der Waals surface area contributed by atoms with Gasteiger partial charge >= 0.3 is 0 Å². The van der Waals surface area contributed by atoms with E-state index in [9.17, 15) is 0 Å². The molecule has 0 aromatic rings. The molecule has 2 nitrogen and oxygen atoms in total. The molecule has 2 heteroatoms. The third kappa shape index (κ3) is 9.72. The molecule has 3 aliphatic rings. The molecule has 5 unspecified atom stereocenters. The van der Waals surface area contributed by atoms with Crippen molar-refractivity contribution >= 4 is 6.79 Å². The highest BCUT2D eigenvalue weighted by Crippen LogP contribution is 2.43. The molecule has 0 aromatic carbocycles. The van der Waals surface area contributed by atoms with Gasteiger partial charge in [0.05, 0.1) is 6.10 Å². The van der Waals surface area contributed by atoms with E-state index in [0.29, 0.717) is 6.10 Å². The Labute approximate surface area is 175 Å². The first kappa shape index (κ1) is 25.4. The first-order chi connectivity index (χ1) is 13.6. The largest absolute Gasteiger partial charge is 0.378 e. The maximum absolute atomic E-state index is 8.00. The van der Waals surface area contributed by atoms with Crippen LogP contribution in [0.4, 0.5) is 0 Å². The van der Waals surface area contributed by atoms with Gasteiger partial charge in [-0.15, -0.1) is 0 Å². The van der Waals surface area contributed by atoms with Crippen LogP contribution in [0, 0.1) is 23.7 Å². The molecule has 0 radical (unpaired) electrons. The SMILES string of the molecule is C1CCC1.C=C1CCCCCC2CC(C)CC(C)C2C(C)OCCCC1.C=O. The normalized spacial score (nSPS) is 34.8. The number of ether oxygens (including phenoxy) is 1. The standard InChI is InChI=1S/C21H38O.C4H8.CH2O/c1-16-10-6-5-7-12-20-15-17(2)14-18(3)21(20)19(4)22-13-9-8-11-16;1-2-4-3-1;1-2/h17-21H,1,5-15H2,2-4H3;1-4H2;1H2. The van der Waals surface area contributed by atoms with E-state index < -0.39 is 0 Å². The van der Waals surface area contributed by atoms with E-state index in [4.69, 9.17) is 9.53 Å². The number of fused-ring (bicyclic) bond motifs is 1. The molecule has 1 saturated heterocycles. The molecule has 2 saturated carbocycles. The fraction of sp³-hybridized carbons (Fsp3) is 0.885. The zero-order valence-corrected chi connectivity index (χ0v) is 19.2. The summed E-state index contributed by atoms with van der Waals surface area (Å²) in [6, 6.07) is 0. The molecule has 0 aromatic heterocycles. The fourth-order valence-electron chi connectivity index (χ4n) is 5.37. The number of allylic oxidation sites excluding steroid dienone is 1. The van der Waals surface area contributed by atoms with E-state index in [0.717, 1.165) is 30.3 Å². The number of rotatable bonds is 0. The molecule has 3 fully saturated rings. The van der Waals surface area contributed by atoms with Crippen molar-refractivity contribution < 1.29 is 9.53 Å². The second-order valence-corrected chi connectivity index (χ2v) is 9.69. The highest BCUT2D eigenvalue weighted by Gasteiger charge is 2.37. The van der Waals surface area contributed by atoms with E-state index in [1.807, 2.05) is 6.79 Å². The molecular weight excluding hydrogens is 344 g/mol. The van der Waals surface area contributed by atoms with Crippen molar-refractivity contribution in [3.05, 3.63) is 12.2 Å². The monoisotopic (exact) mass is 392 g/mol. The summed E-state index contributed by atoms with van der Waals surface area (Å²) in [7, 11) is 0. The van der Waals surface area contributed by atoms with Gasteiger partial charge in [0, 0.05) is 6.61 Å². The molecule has 1 heterocycles. The average molecular weight is 393 g/mol. The Balaban J connectivity index is 0.000000565. The lowest BCUT2D eigenvalue weighted by Crippen LogP contribution is -2.38. The molecule has 2 aliphatic carbocycles. The van der Waals surface area contributed by atoms with Gasteiger partial charge in [0.25, 0.3) is 0 Å². The van der Waals surface area contributed by atoms with Crippen LogP contribution in [0.1, 0.15) is 111 Å². The Bertz CT molecular complexity index is 397. The lowest BCUT2D eigenvalue weighted by atomic mass is 9.65. The fourth-order valence-corrected chi connectivity index (χ4v) is 5.37. The summed E-state index contributed by atoms with van der Waals surface area (Å²) >= 11 is 0. The van der Waals surface area contributed by atoms with Crippen molar-refractivity contribution in [3.63, 3.8) is 0 Å². The zero-order valence-electron chi connectivity index (χ0n) is 19.2. The van der Waals surface area contributed by atoms with Crippen molar-refractivity contribution in [2.24, 2.45) is 23.7 Å². The highest BCUT2D eigenvalue weighted by atomic mass is 16.5. The van der Waals surface area contributed by atoms with Crippen LogP contribution in [0.5, 0.6) is 0 Å². The first-order valence-corrected chi connectivity index (χ1v) is 12.1. The van der Waals surface area contributed by atoms with Crippen LogP contribution < -0.4 is 0 Å². The minimum atomic E-state index is 0.443. The Kier molecular flexibility index (Phi) is 13.8. The molecule has 0 bridgehead atoms. The van der Waals surface area contributed by atoms with E-state index in [2.05, 4.69) is 27.4 Å². The highest BCUT2D eigenvalue weighted by molar-refractivity contribution is 5.11. The van der Waals surface area contributed by atoms with Gasteiger partial charge in [-0.1, -0.05) is 70.9 Å². The topological polar surface area (TPSA) is 26.3 Å². The van der Waals surface area contributed by atoms with Crippen LogP contribution in [0.15, 0.2) is 12.2 Å². The lowest BCUT2D eigenvalue weighted by molar-refractivity contribution is -0.0980. The van der Waals surface area contributed by atoms with E-state index in [-0.39, 0.29) is 0 Å². The molecular formula is C26H48O2. The number of hydrogen-bond donors (Lipinski definition) is 0. The van der Waals surface area contributed by atoms with Crippen molar-refractivity contribution in [1.29, 1.82) is 0 Å². The predicted octanol–water partition coefficient (Wildman–Crippen LogP) is 7.76. The molecule has 3 rings (SSSR count). The van der Waals surface area contributed by atoms with Crippen LogP contribution >= 0.6 is 0 Å². The van der Waals surface area contributed by atoms with Gasteiger partial charge in [0.15, 0.2) is 0 Å². The van der Waals surface area contributed by atoms with Crippen molar-refractivity contribution in [2.75, 3.05) is 6.61 Å². The summed E-state index contributed by atoms with van der Waals surface area (Å²) in [4.78, 5) is 8.00. The first-order valence-electron chi connectivity index (χ1n) is 12.1. The molecule has 5 atom stereocenters. The maximum atomic E-state index is 8.00. The van der Waals surface area contributed by atoms with Gasteiger partial charge in [-0.3, -0.25) is 0 Å². The zero-order chi connectivity index (χ0) is 20.8. The summed E-state index contributed by atoms with van der Waals surface area (Å²) in [5.74, 6) is 3.41. The van der Waals surface area contributed by atoms with Crippen LogP contribution in [-0.4, -0.2) is 19.5 Å². The number of carbonyl (C=O) groups is 1. The molecule has 1 aliphatic heterocycles. The molecule has 0 spiro atoms. The summed E-state index contributed by atoms with van der Waals surface area (Å²) in [5, 5.41) is 0. The third-order valence-electron chi connectivity index (χ3n) is 7.13. The predicted molar refractivity (Wildman–Crippen MR) is 122 cm³/mol. The second kappa shape index (κ2) is 15.2. The molecule has 164 valence electrons. The van der Waals surface area contributed by atoms with Gasteiger partial charge in [-0.25, -0.2) is 0 Å². The van der Waals surface area contributed by atoms with Crippen LogP contribution in [0.2, 0.25) is 0 Å². The Hall–Kier alpha value is -0.630. The van der Waals surface area contributed by atoms with Gasteiger partial charge in [-0.2, -0.15) is 0 Å². The average Bonchev–Trinajstić information content (AvgIpc) is 2.60. The Morgan fingerprint density at radius 3 is 1.96 bits per heavy atom. The van der Waals surface area contributed by atoms with Gasteiger partial charge in [0.1, 0.15) is 6.79 Å². The van der Waals surface area contributed by atoms with Crippen LogP contribution in [0.3, 0.4) is 0 Å². The Morgan fingerprint density at radius 2 is 1.36 bits per heavy atom. The molecule has 28 heavy (non-hydrogen) atoms. The second-order valence-electron chi connectivity index (χ2n) is 9.69. The minimum Gasteiger partial charge on any atom is -0.378 e. The van der Waals surface area contributed by atoms with Gasteiger partial charge < -0.3 is 9.53 Å². The van der Waals surface area contributed by atoms with Gasteiger partial charge in [0.2, 0.25) is 0 Å². The quantitative estimate of drug-likeness (QED) is 0.394. The van der Waals surface area contributed by atoms with E-state index in [1.54, 1.807) is 0 Å². The summed E-state index contributed by atoms with van der Waals surface area (Å²) in [5.41, 5.74) is 1.46. The molecule has 0 amide bonds. The summed E-state index contributed by atoms with van der Waals surface area (Å²) in [6.45, 7) is 14.5. The Morgan fingerprint density at radius 1 is 0.786 bits per heavy atom. The van der Waals surface area contributed by atoms with Crippen molar-refractivity contribution in [3.8, 4) is 0 Å². The van der Waals surface area contributed by atoms with Gasteiger partial charge in [-0.05, 0) is 75.5 Å². The van der Waals surface area contributed by atoms with Crippen molar-refractivity contribution in [1.82, 2.24) is 0 Å². The molecule has 0 N–H and O–H groups in total.